The Labute approximate surface area is 111 Å². The van der Waals surface area contributed by atoms with E-state index in [0.29, 0.717) is 0 Å². The molecule has 18 heavy (non-hydrogen) atoms. The van der Waals surface area contributed by atoms with Gasteiger partial charge >= 0.3 is 0 Å². The fourth-order valence-corrected chi connectivity index (χ4v) is 2.27. The molecule has 5 nitrogen and oxygen atoms in total. The quantitative estimate of drug-likeness (QED) is 0.588. The standard InChI is InChI=1S/C12H19N3O2S/c1-4-13-10-5-11(14-9(2)8-18-3)7-12(6-10)15(16)17/h5-7,9,13-14H,4,8H2,1-3H3. The highest BCUT2D eigenvalue weighted by Gasteiger charge is 2.10. The van der Waals surface area contributed by atoms with E-state index in [1.165, 1.54) is 0 Å². The lowest BCUT2D eigenvalue weighted by Gasteiger charge is -2.15. The van der Waals surface area contributed by atoms with Crippen molar-refractivity contribution >= 4 is 28.8 Å². The Morgan fingerprint density at radius 2 is 2.06 bits per heavy atom. The molecule has 0 aliphatic heterocycles. The lowest BCUT2D eigenvalue weighted by atomic mass is 10.2. The number of rotatable bonds is 7. The molecule has 0 aliphatic carbocycles. The van der Waals surface area contributed by atoms with Crippen LogP contribution in [0.4, 0.5) is 17.1 Å². The van der Waals surface area contributed by atoms with E-state index in [2.05, 4.69) is 17.6 Å². The highest BCUT2D eigenvalue weighted by atomic mass is 32.2. The molecule has 1 rings (SSSR count). The largest absolute Gasteiger partial charge is 0.385 e. The summed E-state index contributed by atoms with van der Waals surface area (Å²) in [4.78, 5) is 10.5. The van der Waals surface area contributed by atoms with E-state index in [-0.39, 0.29) is 16.7 Å². The number of nitro benzene ring substituents is 1. The number of thioether (sulfide) groups is 1. The third kappa shape index (κ3) is 4.44. The Kier molecular flexibility index (Phi) is 5.77. The van der Waals surface area contributed by atoms with Crippen molar-refractivity contribution in [3.63, 3.8) is 0 Å². The van der Waals surface area contributed by atoms with Crippen LogP contribution in [0.25, 0.3) is 0 Å². The summed E-state index contributed by atoms with van der Waals surface area (Å²) in [5.74, 6) is 0.958. The van der Waals surface area contributed by atoms with E-state index in [9.17, 15) is 10.1 Å². The first-order chi connectivity index (χ1) is 8.56. The van der Waals surface area contributed by atoms with E-state index in [1.807, 2.05) is 19.2 Å². The van der Waals surface area contributed by atoms with Crippen LogP contribution in [-0.4, -0.2) is 29.5 Å². The van der Waals surface area contributed by atoms with Gasteiger partial charge in [0.15, 0.2) is 0 Å². The summed E-state index contributed by atoms with van der Waals surface area (Å²) in [6.45, 7) is 4.76. The number of nitrogens with zero attached hydrogens (tertiary/aromatic N) is 1. The number of hydrogen-bond donors (Lipinski definition) is 2. The highest BCUT2D eigenvalue weighted by molar-refractivity contribution is 7.98. The van der Waals surface area contributed by atoms with Crippen LogP contribution < -0.4 is 10.6 Å². The molecule has 0 aromatic heterocycles. The minimum absolute atomic E-state index is 0.104. The van der Waals surface area contributed by atoms with Crippen LogP contribution in [0.1, 0.15) is 13.8 Å². The Morgan fingerprint density at radius 1 is 1.39 bits per heavy atom. The molecule has 6 heteroatoms. The summed E-state index contributed by atoms with van der Waals surface area (Å²) in [6.07, 6.45) is 2.04. The highest BCUT2D eigenvalue weighted by Crippen LogP contribution is 2.25. The molecule has 1 atom stereocenters. The zero-order chi connectivity index (χ0) is 13.5. The lowest BCUT2D eigenvalue weighted by Crippen LogP contribution is -2.17. The summed E-state index contributed by atoms with van der Waals surface area (Å²) in [7, 11) is 0. The Morgan fingerprint density at radius 3 is 2.61 bits per heavy atom. The predicted molar refractivity (Wildman–Crippen MR) is 78.7 cm³/mol. The van der Waals surface area contributed by atoms with E-state index in [1.54, 1.807) is 23.9 Å². The van der Waals surface area contributed by atoms with Gasteiger partial charge in [0.2, 0.25) is 0 Å². The summed E-state index contributed by atoms with van der Waals surface area (Å²) in [6, 6.07) is 5.29. The fraction of sp³-hybridized carbons (Fsp3) is 0.500. The molecule has 0 saturated carbocycles. The van der Waals surface area contributed by atoms with Gasteiger partial charge in [0.1, 0.15) is 0 Å². The number of anilines is 2. The molecule has 0 aliphatic rings. The molecular formula is C12H19N3O2S. The van der Waals surface area contributed by atoms with Crippen molar-refractivity contribution in [2.45, 2.75) is 19.9 Å². The van der Waals surface area contributed by atoms with Crippen LogP contribution in [0.15, 0.2) is 18.2 Å². The molecular weight excluding hydrogens is 250 g/mol. The summed E-state index contributed by atoms with van der Waals surface area (Å²) in [5.41, 5.74) is 1.65. The van der Waals surface area contributed by atoms with Crippen LogP contribution in [0.2, 0.25) is 0 Å². The lowest BCUT2D eigenvalue weighted by molar-refractivity contribution is -0.384. The van der Waals surface area contributed by atoms with Crippen molar-refractivity contribution in [3.05, 3.63) is 28.3 Å². The average molecular weight is 269 g/mol. The average Bonchev–Trinajstić information content (AvgIpc) is 2.29. The second-order valence-electron chi connectivity index (χ2n) is 4.06. The van der Waals surface area contributed by atoms with Crippen molar-refractivity contribution < 1.29 is 4.92 Å². The summed E-state index contributed by atoms with van der Waals surface area (Å²) < 4.78 is 0. The summed E-state index contributed by atoms with van der Waals surface area (Å²) >= 11 is 1.74. The molecule has 1 aromatic rings. The predicted octanol–water partition coefficient (Wildman–Crippen LogP) is 3.19. The van der Waals surface area contributed by atoms with Crippen molar-refractivity contribution in [2.24, 2.45) is 0 Å². The van der Waals surface area contributed by atoms with Gasteiger partial charge in [-0.1, -0.05) is 0 Å². The van der Waals surface area contributed by atoms with Gasteiger partial charge in [-0.3, -0.25) is 10.1 Å². The Balaban J connectivity index is 2.91. The molecule has 0 spiro atoms. The number of non-ortho nitro benzene ring substituents is 1. The second kappa shape index (κ2) is 7.10. The van der Waals surface area contributed by atoms with Crippen molar-refractivity contribution in [3.8, 4) is 0 Å². The maximum atomic E-state index is 10.9. The van der Waals surface area contributed by atoms with Gasteiger partial charge in [0, 0.05) is 41.8 Å². The number of nitro groups is 1. The van der Waals surface area contributed by atoms with E-state index < -0.39 is 0 Å². The van der Waals surface area contributed by atoms with Gasteiger partial charge in [0.25, 0.3) is 5.69 Å². The Hall–Kier alpha value is -1.43. The van der Waals surface area contributed by atoms with Crippen molar-refractivity contribution in [2.75, 3.05) is 29.2 Å². The molecule has 0 heterocycles. The van der Waals surface area contributed by atoms with Crippen LogP contribution >= 0.6 is 11.8 Å². The van der Waals surface area contributed by atoms with E-state index >= 15 is 0 Å². The smallest absolute Gasteiger partial charge is 0.273 e. The molecule has 100 valence electrons. The van der Waals surface area contributed by atoms with Crippen LogP contribution in [-0.2, 0) is 0 Å². The Bertz CT molecular complexity index is 412. The molecule has 0 saturated heterocycles. The molecule has 0 bridgehead atoms. The molecule has 0 radical (unpaired) electrons. The van der Waals surface area contributed by atoms with E-state index in [4.69, 9.17) is 0 Å². The molecule has 0 amide bonds. The summed E-state index contributed by atoms with van der Waals surface area (Å²) in [5, 5.41) is 17.2. The van der Waals surface area contributed by atoms with Crippen LogP contribution in [0.5, 0.6) is 0 Å². The first kappa shape index (κ1) is 14.6. The number of hydrogen-bond acceptors (Lipinski definition) is 5. The first-order valence-corrected chi connectivity index (χ1v) is 7.25. The molecule has 1 unspecified atom stereocenters. The maximum Gasteiger partial charge on any atom is 0.273 e. The molecule has 2 N–H and O–H groups in total. The number of benzene rings is 1. The maximum absolute atomic E-state index is 10.9. The van der Waals surface area contributed by atoms with Gasteiger partial charge in [-0.25, -0.2) is 0 Å². The first-order valence-electron chi connectivity index (χ1n) is 5.85. The topological polar surface area (TPSA) is 67.2 Å². The second-order valence-corrected chi connectivity index (χ2v) is 4.97. The van der Waals surface area contributed by atoms with Crippen LogP contribution in [0.3, 0.4) is 0 Å². The molecule has 1 aromatic carbocycles. The SMILES string of the molecule is CCNc1cc(NC(C)CSC)cc([N+](=O)[O-])c1. The fourth-order valence-electron chi connectivity index (χ4n) is 1.68. The van der Waals surface area contributed by atoms with Crippen molar-refractivity contribution in [1.82, 2.24) is 0 Å². The van der Waals surface area contributed by atoms with Gasteiger partial charge in [0.05, 0.1) is 4.92 Å². The van der Waals surface area contributed by atoms with Crippen molar-refractivity contribution in [1.29, 1.82) is 0 Å². The van der Waals surface area contributed by atoms with Gasteiger partial charge in [-0.15, -0.1) is 0 Å². The minimum Gasteiger partial charge on any atom is -0.385 e. The van der Waals surface area contributed by atoms with Gasteiger partial charge in [-0.2, -0.15) is 11.8 Å². The third-order valence-electron chi connectivity index (χ3n) is 2.34. The zero-order valence-electron chi connectivity index (χ0n) is 10.9. The minimum atomic E-state index is -0.370. The zero-order valence-corrected chi connectivity index (χ0v) is 11.7. The molecule has 0 fully saturated rings. The normalized spacial score (nSPS) is 11.9. The van der Waals surface area contributed by atoms with E-state index in [0.717, 1.165) is 23.7 Å². The number of nitrogens with one attached hydrogen (secondary N) is 2. The van der Waals surface area contributed by atoms with Gasteiger partial charge in [-0.05, 0) is 26.2 Å². The van der Waals surface area contributed by atoms with Crippen LogP contribution in [0, 0.1) is 10.1 Å². The monoisotopic (exact) mass is 269 g/mol. The van der Waals surface area contributed by atoms with Gasteiger partial charge < -0.3 is 10.6 Å². The third-order valence-corrected chi connectivity index (χ3v) is 3.17.